The van der Waals surface area contributed by atoms with E-state index < -0.39 is 11.2 Å². The fourth-order valence-electron chi connectivity index (χ4n) is 3.10. The zero-order valence-corrected chi connectivity index (χ0v) is 15.2. The molecule has 1 fully saturated rings. The van der Waals surface area contributed by atoms with Crippen LogP contribution < -0.4 is 5.32 Å². The zero-order chi connectivity index (χ0) is 18.5. The molecule has 0 aromatic heterocycles. The standard InChI is InChI=1S/C18H22N2O5S/c21-16(20(8-7-17(22)23)11-12-4-3-9-25-12)10-15-18(24)19-13-5-1-2-6-14(13)26-15/h1-2,5-6,12,15H,3-4,7-11H2,(H,19,24)(H,22,23)/t12-,15-/m1/s1. The predicted molar refractivity (Wildman–Crippen MR) is 97.1 cm³/mol. The number of carbonyl (C=O) groups excluding carboxylic acids is 2. The van der Waals surface area contributed by atoms with Crippen molar-refractivity contribution in [2.75, 3.05) is 25.0 Å². The summed E-state index contributed by atoms with van der Waals surface area (Å²) in [6.45, 7) is 1.18. The normalized spacial score (nSPS) is 21.8. The van der Waals surface area contributed by atoms with Gasteiger partial charge in [0.25, 0.3) is 0 Å². The lowest BCUT2D eigenvalue weighted by Gasteiger charge is -2.28. The molecule has 0 saturated carbocycles. The van der Waals surface area contributed by atoms with Crippen LogP contribution in [0.1, 0.15) is 25.7 Å². The second kappa shape index (κ2) is 8.55. The number of hydrogen-bond donors (Lipinski definition) is 2. The summed E-state index contributed by atoms with van der Waals surface area (Å²) < 4.78 is 5.57. The highest BCUT2D eigenvalue weighted by Gasteiger charge is 2.31. The van der Waals surface area contributed by atoms with Crippen molar-refractivity contribution < 1.29 is 24.2 Å². The number of benzene rings is 1. The van der Waals surface area contributed by atoms with Gasteiger partial charge in [0.2, 0.25) is 11.8 Å². The third kappa shape index (κ3) is 4.76. The third-order valence-corrected chi connectivity index (χ3v) is 5.74. The second-order valence-corrected chi connectivity index (χ2v) is 7.66. The minimum atomic E-state index is -0.950. The molecule has 1 aromatic carbocycles. The van der Waals surface area contributed by atoms with Crippen LogP contribution in [0, 0.1) is 0 Å². The van der Waals surface area contributed by atoms with Gasteiger partial charge >= 0.3 is 5.97 Å². The van der Waals surface area contributed by atoms with Crippen LogP contribution in [0.4, 0.5) is 5.69 Å². The molecule has 7 nitrogen and oxygen atoms in total. The van der Waals surface area contributed by atoms with Gasteiger partial charge in [0, 0.05) is 31.0 Å². The van der Waals surface area contributed by atoms with E-state index in [9.17, 15) is 14.4 Å². The predicted octanol–water partition coefficient (Wildman–Crippen LogP) is 1.97. The van der Waals surface area contributed by atoms with E-state index in [1.807, 2.05) is 24.3 Å². The summed E-state index contributed by atoms with van der Waals surface area (Å²) in [5.41, 5.74) is 0.758. The average Bonchev–Trinajstić information content (AvgIpc) is 3.12. The Labute approximate surface area is 156 Å². The van der Waals surface area contributed by atoms with Crippen molar-refractivity contribution in [3.8, 4) is 0 Å². The Balaban J connectivity index is 1.64. The van der Waals surface area contributed by atoms with Crippen molar-refractivity contribution in [2.45, 2.75) is 41.9 Å². The van der Waals surface area contributed by atoms with Crippen LogP contribution in [0.5, 0.6) is 0 Å². The van der Waals surface area contributed by atoms with E-state index >= 15 is 0 Å². The summed E-state index contributed by atoms with van der Waals surface area (Å²) in [7, 11) is 0. The Kier molecular flexibility index (Phi) is 6.16. The SMILES string of the molecule is O=C(O)CCN(C[C@H]1CCCO1)C(=O)C[C@H]1Sc2ccccc2NC1=O. The van der Waals surface area contributed by atoms with Crippen molar-refractivity contribution >= 4 is 35.2 Å². The highest BCUT2D eigenvalue weighted by molar-refractivity contribution is 8.01. The maximum absolute atomic E-state index is 12.8. The molecule has 26 heavy (non-hydrogen) atoms. The van der Waals surface area contributed by atoms with Gasteiger partial charge in [-0.3, -0.25) is 14.4 Å². The van der Waals surface area contributed by atoms with Gasteiger partial charge in [-0.1, -0.05) is 12.1 Å². The van der Waals surface area contributed by atoms with Crippen LogP contribution in [0.3, 0.4) is 0 Å². The summed E-state index contributed by atoms with van der Waals surface area (Å²) >= 11 is 1.37. The van der Waals surface area contributed by atoms with Crippen LogP contribution in [0.15, 0.2) is 29.2 Å². The Morgan fingerprint density at radius 1 is 1.35 bits per heavy atom. The molecule has 3 rings (SSSR count). The lowest BCUT2D eigenvalue weighted by molar-refractivity contribution is -0.139. The molecule has 2 aliphatic heterocycles. The molecule has 2 N–H and O–H groups in total. The molecule has 0 aliphatic carbocycles. The first-order chi connectivity index (χ1) is 12.5. The molecule has 1 saturated heterocycles. The largest absolute Gasteiger partial charge is 0.481 e. The number of rotatable bonds is 7. The number of carbonyl (C=O) groups is 3. The molecule has 0 unspecified atom stereocenters. The van der Waals surface area contributed by atoms with E-state index in [2.05, 4.69) is 5.32 Å². The quantitative estimate of drug-likeness (QED) is 0.753. The van der Waals surface area contributed by atoms with Crippen LogP contribution in [-0.4, -0.2) is 58.8 Å². The van der Waals surface area contributed by atoms with Crippen molar-refractivity contribution in [1.82, 2.24) is 4.90 Å². The van der Waals surface area contributed by atoms with Crippen LogP contribution in [-0.2, 0) is 19.1 Å². The van der Waals surface area contributed by atoms with E-state index in [1.54, 1.807) is 0 Å². The van der Waals surface area contributed by atoms with E-state index in [-0.39, 0.29) is 37.3 Å². The molecular weight excluding hydrogens is 356 g/mol. The molecule has 0 radical (unpaired) electrons. The van der Waals surface area contributed by atoms with Crippen molar-refractivity contribution in [3.05, 3.63) is 24.3 Å². The Bertz CT molecular complexity index is 690. The summed E-state index contributed by atoms with van der Waals surface area (Å²) in [5.74, 6) is -1.36. The first-order valence-corrected chi connectivity index (χ1v) is 9.58. The van der Waals surface area contributed by atoms with Crippen LogP contribution in [0.2, 0.25) is 0 Å². The molecule has 2 aliphatic rings. The number of carboxylic acids is 1. The molecule has 2 atom stereocenters. The monoisotopic (exact) mass is 378 g/mol. The number of anilines is 1. The number of amides is 2. The summed E-state index contributed by atoms with van der Waals surface area (Å²) in [5, 5.41) is 11.2. The van der Waals surface area contributed by atoms with E-state index in [1.165, 1.54) is 16.7 Å². The van der Waals surface area contributed by atoms with E-state index in [0.29, 0.717) is 13.2 Å². The summed E-state index contributed by atoms with van der Waals surface area (Å²) in [6.07, 6.45) is 1.68. The number of aliphatic carboxylic acids is 1. The fraction of sp³-hybridized carbons (Fsp3) is 0.500. The molecule has 140 valence electrons. The third-order valence-electron chi connectivity index (χ3n) is 4.46. The molecule has 8 heteroatoms. The number of para-hydroxylation sites is 1. The topological polar surface area (TPSA) is 95.9 Å². The average molecular weight is 378 g/mol. The molecule has 0 bridgehead atoms. The lowest BCUT2D eigenvalue weighted by Crippen LogP contribution is -2.41. The van der Waals surface area contributed by atoms with Gasteiger partial charge in [0.15, 0.2) is 0 Å². The zero-order valence-electron chi connectivity index (χ0n) is 14.3. The van der Waals surface area contributed by atoms with Gasteiger partial charge in [0.05, 0.1) is 23.5 Å². The minimum absolute atomic E-state index is 0.0389. The number of carboxylic acid groups (broad SMARTS) is 1. The number of thioether (sulfide) groups is 1. The Morgan fingerprint density at radius 2 is 2.15 bits per heavy atom. The van der Waals surface area contributed by atoms with Crippen molar-refractivity contribution in [2.24, 2.45) is 0 Å². The molecule has 0 spiro atoms. The highest BCUT2D eigenvalue weighted by Crippen LogP contribution is 2.36. The first-order valence-electron chi connectivity index (χ1n) is 8.70. The number of ether oxygens (including phenoxy) is 1. The molecule has 1 aromatic rings. The Hall–Kier alpha value is -2.06. The maximum atomic E-state index is 12.8. The van der Waals surface area contributed by atoms with E-state index in [4.69, 9.17) is 9.84 Å². The number of hydrogen-bond acceptors (Lipinski definition) is 5. The minimum Gasteiger partial charge on any atom is -0.481 e. The van der Waals surface area contributed by atoms with Gasteiger partial charge < -0.3 is 20.1 Å². The van der Waals surface area contributed by atoms with Gasteiger partial charge in [-0.05, 0) is 25.0 Å². The van der Waals surface area contributed by atoms with Crippen LogP contribution >= 0.6 is 11.8 Å². The van der Waals surface area contributed by atoms with Gasteiger partial charge in [-0.2, -0.15) is 0 Å². The summed E-state index contributed by atoms with van der Waals surface area (Å²) in [6, 6.07) is 7.47. The Morgan fingerprint density at radius 3 is 2.88 bits per heavy atom. The smallest absolute Gasteiger partial charge is 0.305 e. The van der Waals surface area contributed by atoms with E-state index in [0.717, 1.165) is 23.4 Å². The molecule has 2 heterocycles. The van der Waals surface area contributed by atoms with Gasteiger partial charge in [0.1, 0.15) is 0 Å². The number of nitrogens with one attached hydrogen (secondary N) is 1. The number of fused-ring (bicyclic) bond motifs is 1. The maximum Gasteiger partial charge on any atom is 0.305 e. The fourth-order valence-corrected chi connectivity index (χ4v) is 4.20. The van der Waals surface area contributed by atoms with Crippen molar-refractivity contribution in [3.63, 3.8) is 0 Å². The molecular formula is C18H22N2O5S. The summed E-state index contributed by atoms with van der Waals surface area (Å²) in [4.78, 5) is 38.4. The second-order valence-electron chi connectivity index (χ2n) is 6.41. The number of nitrogens with zero attached hydrogens (tertiary/aromatic N) is 1. The van der Waals surface area contributed by atoms with Gasteiger partial charge in [-0.15, -0.1) is 11.8 Å². The lowest BCUT2D eigenvalue weighted by atomic mass is 10.2. The molecule has 2 amide bonds. The van der Waals surface area contributed by atoms with Crippen LogP contribution in [0.25, 0.3) is 0 Å². The van der Waals surface area contributed by atoms with Crippen molar-refractivity contribution in [1.29, 1.82) is 0 Å². The highest BCUT2D eigenvalue weighted by atomic mass is 32.2. The first kappa shape index (κ1) is 18.7. The van der Waals surface area contributed by atoms with Gasteiger partial charge in [-0.25, -0.2) is 0 Å².